The van der Waals surface area contributed by atoms with E-state index in [1.54, 1.807) is 21.1 Å². The Morgan fingerprint density at radius 1 is 0.957 bits per heavy atom. The monoisotopic (exact) mass is 376 g/mol. The van der Waals surface area contributed by atoms with E-state index in [0.29, 0.717) is 0 Å². The number of hydrogen-bond acceptors (Lipinski definition) is 4. The zero-order valence-electron chi connectivity index (χ0n) is 37.9. The van der Waals surface area contributed by atoms with Crippen molar-refractivity contribution in [2.75, 3.05) is 40.9 Å². The van der Waals surface area contributed by atoms with Crippen molar-refractivity contribution in [3.63, 3.8) is 0 Å². The number of phosphoric acid groups is 1. The van der Waals surface area contributed by atoms with Gasteiger partial charge in [-0.3, -0.25) is 4.57 Å². The fourth-order valence-corrected chi connectivity index (χ4v) is 1.32. The summed E-state index contributed by atoms with van der Waals surface area (Å²) in [6.45, 7) is -9.25. The van der Waals surface area contributed by atoms with Crippen LogP contribution in [0.25, 0.3) is 0 Å². The van der Waals surface area contributed by atoms with Gasteiger partial charge in [0, 0.05) is 31.5 Å². The summed E-state index contributed by atoms with van der Waals surface area (Å²) in [4.78, 5) is 12.3. The molecule has 0 spiro atoms. The van der Waals surface area contributed by atoms with E-state index in [2.05, 4.69) is 9.05 Å². The second-order valence-electron chi connectivity index (χ2n) is 4.74. The smallest absolute Gasteiger partial charge is 0.268 e. The molecule has 1 atom stereocenters. The van der Waals surface area contributed by atoms with Crippen molar-refractivity contribution in [1.29, 1.82) is 0 Å². The first kappa shape index (κ1) is 5.07. The van der Waals surface area contributed by atoms with Crippen molar-refractivity contribution >= 4 is 7.82 Å². The molecule has 5 nitrogen and oxygen atoms in total. The highest BCUT2D eigenvalue weighted by Crippen LogP contribution is 2.38. The van der Waals surface area contributed by atoms with E-state index >= 15 is 0 Å². The fraction of sp³-hybridized carbons (Fsp3) is 1.00. The van der Waals surface area contributed by atoms with Crippen molar-refractivity contribution in [3.05, 3.63) is 0 Å². The van der Waals surface area contributed by atoms with Crippen LogP contribution in [0.3, 0.4) is 0 Å². The molecule has 0 heterocycles. The lowest BCUT2D eigenvalue weighted by Gasteiger charge is -2.27. The van der Waals surface area contributed by atoms with E-state index in [1.807, 2.05) is 0 Å². The number of phosphoric ester groups is 1. The van der Waals surface area contributed by atoms with E-state index in [0.717, 1.165) is 0 Å². The molecule has 0 amide bonds. The quantitative estimate of drug-likeness (QED) is 0.300. The summed E-state index contributed by atoms with van der Waals surface area (Å²) >= 11 is 0. The maximum Gasteiger partial charge on any atom is 0.268 e. The third kappa shape index (κ3) is 18.3. The molecule has 0 aliphatic heterocycles. The average molecular weight is 377 g/mol. The van der Waals surface area contributed by atoms with Crippen LogP contribution in [0, 0.1) is 0 Å². The molecule has 0 aliphatic carbocycles. The van der Waals surface area contributed by atoms with Crippen LogP contribution in [0.2, 0.25) is 0 Å². The Morgan fingerprint density at radius 3 is 2.00 bits per heavy atom. The minimum absolute atomic E-state index is 0.0418. The summed E-state index contributed by atoms with van der Waals surface area (Å²) in [6, 6.07) is 0. The van der Waals surface area contributed by atoms with Crippen LogP contribution >= 0.6 is 7.82 Å². The van der Waals surface area contributed by atoms with Gasteiger partial charge in [0.05, 0.1) is 30.4 Å². The maximum atomic E-state index is 12.3. The average Bonchev–Trinajstić information content (AvgIpc) is 2.80. The molecule has 0 saturated carbocycles. The molecule has 6 heteroatoms. The molecule has 0 fully saturated rings. The predicted molar refractivity (Wildman–Crippen MR) is 94.3 cm³/mol. The Kier molecular flexibility index (Phi) is 2.95. The molecule has 0 aromatic rings. The normalized spacial score (nSPS) is 38.3. The lowest BCUT2D eigenvalue weighted by molar-refractivity contribution is -0.870. The summed E-state index contributed by atoms with van der Waals surface area (Å²) in [6.07, 6.45) is -47.7. The van der Waals surface area contributed by atoms with E-state index < -0.39 is 91.6 Å². The molecule has 0 aliphatic rings. The van der Waals surface area contributed by atoms with Crippen molar-refractivity contribution in [2.24, 2.45) is 0 Å². The van der Waals surface area contributed by atoms with Crippen molar-refractivity contribution in [2.45, 2.75) is 70.6 Å². The van der Waals surface area contributed by atoms with Gasteiger partial charge in [-0.1, -0.05) is 64.2 Å². The van der Waals surface area contributed by atoms with Crippen LogP contribution in [-0.4, -0.2) is 45.3 Å². The molecule has 1 unspecified atom stereocenters. The molecular formula is C17H38NO4P. The van der Waals surface area contributed by atoms with Gasteiger partial charge in [0.2, 0.25) is 0 Å². The third-order valence-electron chi connectivity index (χ3n) is 1.78. The van der Waals surface area contributed by atoms with Crippen LogP contribution in [0.15, 0.2) is 0 Å². The largest absolute Gasteiger partial charge is 0.756 e. The highest BCUT2D eigenvalue weighted by atomic mass is 31.2. The van der Waals surface area contributed by atoms with E-state index in [-0.39, 0.29) is 11.0 Å². The predicted octanol–water partition coefficient (Wildman–Crippen LogP) is 4.12. The van der Waals surface area contributed by atoms with Crippen LogP contribution in [0.1, 0.15) is 105 Å². The lowest BCUT2D eigenvalue weighted by Crippen LogP contribution is -2.37. The number of rotatable bonds is 16. The minimum atomic E-state index is -5.89. The Bertz CT molecular complexity index is 1210. The van der Waals surface area contributed by atoms with Gasteiger partial charge in [0.1, 0.15) is 13.2 Å². The summed E-state index contributed by atoms with van der Waals surface area (Å²) in [5.41, 5.74) is 0. The molecule has 0 radical (unpaired) electrons. The second kappa shape index (κ2) is 13.4. The van der Waals surface area contributed by atoms with Gasteiger partial charge in [-0.2, -0.15) is 0 Å². The fourth-order valence-electron chi connectivity index (χ4n) is 0.807. The van der Waals surface area contributed by atoms with Gasteiger partial charge < -0.3 is 18.4 Å². The minimum Gasteiger partial charge on any atom is -0.756 e. The number of nitrogens with zero attached hydrogens (tertiary/aromatic N) is 1. The number of hydrogen-bond donors (Lipinski definition) is 0. The molecule has 0 bridgehead atoms. The van der Waals surface area contributed by atoms with Gasteiger partial charge in [-0.05, 0) is 6.37 Å². The zero-order valence-corrected chi connectivity index (χ0v) is 13.8. The highest BCUT2D eigenvalue weighted by molar-refractivity contribution is 7.45. The summed E-state index contributed by atoms with van der Waals surface area (Å²) < 4.78 is 218. The third-order valence-corrected chi connectivity index (χ3v) is 2.60. The zero-order chi connectivity index (χ0) is 39.8. The lowest BCUT2D eigenvalue weighted by atomic mass is 10.1. The Hall–Kier alpha value is 0.0700. The molecule has 23 heavy (non-hydrogen) atoms. The summed E-state index contributed by atoms with van der Waals surface area (Å²) in [7, 11) is -1.11. The Labute approximate surface area is 178 Å². The summed E-state index contributed by atoms with van der Waals surface area (Å²) in [5.74, 6) is 0. The molecule has 0 aromatic heterocycles. The van der Waals surface area contributed by atoms with Crippen LogP contribution in [-0.2, 0) is 13.6 Å². The summed E-state index contributed by atoms with van der Waals surface area (Å²) in [5, 5.41) is 0. The second-order valence-corrected chi connectivity index (χ2v) is 6.07. The van der Waals surface area contributed by atoms with Gasteiger partial charge in [-0.25, -0.2) is 0 Å². The molecule has 0 rings (SSSR count). The van der Waals surface area contributed by atoms with Crippen LogP contribution in [0.4, 0.5) is 0 Å². The first-order valence-electron chi connectivity index (χ1n) is 18.6. The number of likely N-dealkylation sites (N-methyl/N-ethyl adjacent to an activating group) is 1. The molecule has 0 N–H and O–H groups in total. The van der Waals surface area contributed by atoms with E-state index in [4.69, 9.17) is 34.3 Å². The highest BCUT2D eigenvalue weighted by Gasteiger charge is 2.12. The molecule has 0 saturated heterocycles. The molecular weight excluding hydrogens is 313 g/mol. The van der Waals surface area contributed by atoms with Crippen LogP contribution in [0.5, 0.6) is 0 Å². The Balaban J connectivity index is 7.13. The van der Waals surface area contributed by atoms with Gasteiger partial charge in [0.15, 0.2) is 0 Å². The van der Waals surface area contributed by atoms with Crippen molar-refractivity contribution in [3.8, 4) is 0 Å². The van der Waals surface area contributed by atoms with Gasteiger partial charge in [-0.15, -0.1) is 0 Å². The van der Waals surface area contributed by atoms with E-state index in [1.165, 1.54) is 0 Å². The SMILES string of the molecule is [2H]C([2H])([2H])C([2H])([2H])C([2H])([2H])C([2H])([2H])C([2H])([2H])C([2H])([2H])C([2H])([2H])C([2H])([2H])C([2H])([2H])C([2H])([2H])C([2H])([2H])C([2H])([2H])OP(=O)([O-])OCC[N+](C)(C)C. The van der Waals surface area contributed by atoms with Crippen molar-refractivity contribution < 1.29 is 57.3 Å². The standard InChI is InChI=1S/C17H38NO4P/c1-5-6-7-8-9-10-11-12-13-14-16-21-23(19,20)22-17-15-18(2,3)4/h5-17H2,1-4H3/i1D3,5D2,6D2,7D2,8D2,9D2,10D2,11D2,12D2,13D2,14D2,16D2. The molecule has 140 valence electrons. The van der Waals surface area contributed by atoms with Gasteiger partial charge in [0.25, 0.3) is 7.82 Å². The first-order chi connectivity index (χ1) is 20.2. The molecule has 0 aromatic carbocycles. The van der Waals surface area contributed by atoms with Crippen molar-refractivity contribution in [1.82, 2.24) is 0 Å². The van der Waals surface area contributed by atoms with E-state index in [9.17, 15) is 9.46 Å². The first-order valence-corrected chi connectivity index (χ1v) is 7.59. The van der Waals surface area contributed by atoms with Gasteiger partial charge >= 0.3 is 0 Å². The topological polar surface area (TPSA) is 58.6 Å². The van der Waals surface area contributed by atoms with Crippen LogP contribution < -0.4 is 4.89 Å². The maximum absolute atomic E-state index is 12.3. The number of quaternary nitrogens is 1. The Morgan fingerprint density at radius 2 is 1.48 bits per heavy atom.